The van der Waals surface area contributed by atoms with Crippen molar-refractivity contribution in [1.82, 2.24) is 5.32 Å². The van der Waals surface area contributed by atoms with Crippen molar-refractivity contribution in [3.05, 3.63) is 0 Å². The lowest BCUT2D eigenvalue weighted by atomic mass is 9.89. The predicted molar refractivity (Wildman–Crippen MR) is 63.5 cm³/mol. The minimum Gasteiger partial charge on any atom is -0.468 e. The largest absolute Gasteiger partial charge is 0.468 e. The van der Waals surface area contributed by atoms with Crippen molar-refractivity contribution in [3.8, 4) is 0 Å². The highest BCUT2D eigenvalue weighted by Crippen LogP contribution is 2.47. The molecule has 92 valence electrons. The maximum atomic E-state index is 11.1. The van der Waals surface area contributed by atoms with Crippen LogP contribution >= 0.6 is 11.6 Å². The molecule has 0 heterocycles. The van der Waals surface area contributed by atoms with E-state index >= 15 is 0 Å². The van der Waals surface area contributed by atoms with Crippen LogP contribution in [0.2, 0.25) is 0 Å². The van der Waals surface area contributed by atoms with Crippen LogP contribution in [0.1, 0.15) is 25.7 Å². The molecule has 1 N–H and O–H groups in total. The van der Waals surface area contributed by atoms with Crippen LogP contribution in [0.25, 0.3) is 0 Å². The topological polar surface area (TPSA) is 38.3 Å². The summed E-state index contributed by atoms with van der Waals surface area (Å²) in [4.78, 5) is 11.1. The quantitative estimate of drug-likeness (QED) is 0.593. The number of ether oxygens (including phenoxy) is 1. The number of nitrogens with one attached hydrogen (secondary N) is 1. The van der Waals surface area contributed by atoms with E-state index < -0.39 is 5.38 Å². The van der Waals surface area contributed by atoms with Gasteiger partial charge in [0.05, 0.1) is 7.11 Å². The summed E-state index contributed by atoms with van der Waals surface area (Å²) in [7, 11) is 1.37. The van der Waals surface area contributed by atoms with Gasteiger partial charge in [0.25, 0.3) is 0 Å². The number of carbonyl (C=O) groups is 1. The molecule has 0 amide bonds. The number of halogens is 1. The number of alkyl halides is 1. The normalized spacial score (nSPS) is 34.0. The van der Waals surface area contributed by atoms with Gasteiger partial charge in [-0.2, -0.15) is 0 Å². The number of carbonyl (C=O) groups excluding carboxylic acids is 1. The fourth-order valence-corrected chi connectivity index (χ4v) is 3.43. The summed E-state index contributed by atoms with van der Waals surface area (Å²) in [6.07, 6.45) is 5.62. The average Bonchev–Trinajstić information content (AvgIpc) is 2.89. The Bertz CT molecular complexity index is 259. The third kappa shape index (κ3) is 2.69. The Morgan fingerprint density at radius 2 is 2.31 bits per heavy atom. The van der Waals surface area contributed by atoms with Crippen molar-refractivity contribution in [3.63, 3.8) is 0 Å². The highest BCUT2D eigenvalue weighted by Gasteiger charge is 2.38. The molecule has 0 aromatic rings. The zero-order chi connectivity index (χ0) is 11.5. The molecule has 2 saturated carbocycles. The second kappa shape index (κ2) is 5.37. The first-order valence-corrected chi connectivity index (χ1v) is 6.57. The van der Waals surface area contributed by atoms with Crippen LogP contribution in [0.15, 0.2) is 0 Å². The molecule has 2 bridgehead atoms. The molecule has 16 heavy (non-hydrogen) atoms. The van der Waals surface area contributed by atoms with Gasteiger partial charge in [-0.25, -0.2) is 0 Å². The van der Waals surface area contributed by atoms with E-state index in [0.29, 0.717) is 6.54 Å². The zero-order valence-electron chi connectivity index (χ0n) is 9.75. The maximum absolute atomic E-state index is 11.1. The maximum Gasteiger partial charge on any atom is 0.325 e. The fraction of sp³-hybridized carbons (Fsp3) is 0.917. The molecule has 4 atom stereocenters. The molecule has 2 fully saturated rings. The van der Waals surface area contributed by atoms with Gasteiger partial charge in [0.15, 0.2) is 0 Å². The average molecular weight is 246 g/mol. The Morgan fingerprint density at radius 3 is 2.88 bits per heavy atom. The summed E-state index contributed by atoms with van der Waals surface area (Å²) in [5.41, 5.74) is 0. The molecule has 2 aliphatic carbocycles. The second-order valence-electron chi connectivity index (χ2n) is 5.08. The first-order valence-electron chi connectivity index (χ1n) is 6.13. The molecule has 0 radical (unpaired) electrons. The van der Waals surface area contributed by atoms with Crippen LogP contribution in [-0.4, -0.2) is 31.5 Å². The molecule has 0 aliphatic heterocycles. The van der Waals surface area contributed by atoms with Gasteiger partial charge in [-0.3, -0.25) is 4.79 Å². The van der Waals surface area contributed by atoms with Gasteiger partial charge in [0, 0.05) is 6.54 Å². The minimum atomic E-state index is -0.552. The van der Waals surface area contributed by atoms with Crippen molar-refractivity contribution in [2.45, 2.75) is 31.1 Å². The lowest BCUT2D eigenvalue weighted by Gasteiger charge is -2.22. The van der Waals surface area contributed by atoms with Gasteiger partial charge in [0.2, 0.25) is 0 Å². The summed E-state index contributed by atoms with van der Waals surface area (Å²) >= 11 is 5.86. The Balaban J connectivity index is 1.63. The standard InChI is InChI=1S/C12H20ClNO2/c1-16-12(15)11(13)7-14-6-10-5-8-2-3-9(10)4-8/h8-11,14H,2-7H2,1H3. The minimum absolute atomic E-state index is 0.345. The van der Waals surface area contributed by atoms with Crippen LogP contribution in [-0.2, 0) is 9.53 Å². The number of fused-ring (bicyclic) bond motifs is 2. The molecular weight excluding hydrogens is 226 g/mol. The number of hydrogen-bond acceptors (Lipinski definition) is 3. The summed E-state index contributed by atoms with van der Waals surface area (Å²) in [5.74, 6) is 2.36. The number of rotatable bonds is 5. The van der Waals surface area contributed by atoms with E-state index in [0.717, 1.165) is 24.3 Å². The van der Waals surface area contributed by atoms with Crippen LogP contribution < -0.4 is 5.32 Å². The van der Waals surface area contributed by atoms with E-state index in [1.807, 2.05) is 0 Å². The van der Waals surface area contributed by atoms with E-state index in [2.05, 4.69) is 10.1 Å². The zero-order valence-corrected chi connectivity index (χ0v) is 10.5. The molecule has 4 heteroatoms. The third-order valence-corrected chi connectivity index (χ3v) is 4.40. The van der Waals surface area contributed by atoms with Gasteiger partial charge in [-0.1, -0.05) is 6.42 Å². The summed E-state index contributed by atoms with van der Waals surface area (Å²) in [5, 5.41) is 2.74. The van der Waals surface area contributed by atoms with E-state index in [9.17, 15) is 4.79 Å². The number of hydrogen-bond donors (Lipinski definition) is 1. The fourth-order valence-electron chi connectivity index (χ4n) is 3.23. The lowest BCUT2D eigenvalue weighted by Crippen LogP contribution is -2.34. The smallest absolute Gasteiger partial charge is 0.325 e. The lowest BCUT2D eigenvalue weighted by molar-refractivity contribution is -0.140. The molecule has 3 nitrogen and oxygen atoms in total. The Morgan fingerprint density at radius 1 is 1.50 bits per heavy atom. The molecule has 0 aromatic carbocycles. The van der Waals surface area contributed by atoms with E-state index in [-0.39, 0.29) is 5.97 Å². The SMILES string of the molecule is COC(=O)C(Cl)CNCC1CC2CCC1C2. The van der Waals surface area contributed by atoms with Crippen LogP contribution in [0.3, 0.4) is 0 Å². The van der Waals surface area contributed by atoms with Crippen molar-refractivity contribution in [2.24, 2.45) is 17.8 Å². The molecule has 2 aliphatic rings. The second-order valence-corrected chi connectivity index (χ2v) is 5.61. The first kappa shape index (κ1) is 12.2. The highest BCUT2D eigenvalue weighted by atomic mass is 35.5. The van der Waals surface area contributed by atoms with Gasteiger partial charge in [-0.05, 0) is 43.6 Å². The summed E-state index contributed by atoms with van der Waals surface area (Å²) in [6, 6.07) is 0. The highest BCUT2D eigenvalue weighted by molar-refractivity contribution is 6.30. The summed E-state index contributed by atoms with van der Waals surface area (Å²) in [6.45, 7) is 1.52. The Kier molecular flexibility index (Phi) is 4.09. The number of methoxy groups -OCH3 is 1. The van der Waals surface area contributed by atoms with Crippen molar-refractivity contribution >= 4 is 17.6 Å². The van der Waals surface area contributed by atoms with E-state index in [4.69, 9.17) is 11.6 Å². The third-order valence-electron chi connectivity index (χ3n) is 4.07. The van der Waals surface area contributed by atoms with Gasteiger partial charge in [-0.15, -0.1) is 11.6 Å². The molecule has 0 aromatic heterocycles. The van der Waals surface area contributed by atoms with Crippen molar-refractivity contribution < 1.29 is 9.53 Å². The van der Waals surface area contributed by atoms with Crippen molar-refractivity contribution in [1.29, 1.82) is 0 Å². The molecule has 0 spiro atoms. The first-order chi connectivity index (χ1) is 7.70. The summed E-state index contributed by atoms with van der Waals surface area (Å²) < 4.78 is 4.57. The van der Waals surface area contributed by atoms with Crippen LogP contribution in [0, 0.1) is 17.8 Å². The van der Waals surface area contributed by atoms with E-state index in [1.54, 1.807) is 0 Å². The van der Waals surface area contributed by atoms with Crippen LogP contribution in [0.4, 0.5) is 0 Å². The van der Waals surface area contributed by atoms with Crippen LogP contribution in [0.5, 0.6) is 0 Å². The molecular formula is C12H20ClNO2. The van der Waals surface area contributed by atoms with E-state index in [1.165, 1.54) is 32.8 Å². The number of esters is 1. The van der Waals surface area contributed by atoms with Gasteiger partial charge >= 0.3 is 5.97 Å². The van der Waals surface area contributed by atoms with Crippen molar-refractivity contribution in [2.75, 3.05) is 20.2 Å². The monoisotopic (exact) mass is 245 g/mol. The predicted octanol–water partition coefficient (Wildman–Crippen LogP) is 1.79. The Hall–Kier alpha value is -0.280. The van der Waals surface area contributed by atoms with Gasteiger partial charge in [0.1, 0.15) is 5.38 Å². The molecule has 0 saturated heterocycles. The molecule has 4 unspecified atom stereocenters. The Labute approximate surface area is 102 Å². The molecule has 2 rings (SSSR count). The van der Waals surface area contributed by atoms with Gasteiger partial charge < -0.3 is 10.1 Å².